The standard InChI is InChI=1S/C23H29NO4.C22H27NO4.3C21H27NO4/c1-15-12-18-20(17(10-11-23(2,3)27)13-24(4)21(18)25)19(15)22(26)28-14-16-8-6-5-7-9-16;1-14-11-17-19(18(14)21(25)27-13-15-7-5-6-8-15)16(9-10-22(2,3)26)12-23(4)20(17)24;1-13-10-15-17(16(13)19(24)26-12-20(2,3)4)14(8-9-21(5,6)25)11-22(7)18(15)23;1-12(2)14(4)26-20(24)17-13(3)10-16-18(17)15(8-9-21(5,6)25)11-22(7)19(16)23;1-7-13(2)12-26-20(24)17-14(3)10-16-18(17)15(8-9-21(4,5)25)11-22(6)19(16)23/h13,16,27H,5-9,12,14H2,1-4H3;12,15,26H,5-8,11,13H2,1-4H3;11,25H,10,12H2,1-7H3;11-12,14,25H,10H2,1-7H3;11,13,25H,7,10,12H2,1-6H3. The summed E-state index contributed by atoms with van der Waals surface area (Å²) in [6.07, 6.45) is 21.3. The predicted molar refractivity (Wildman–Crippen MR) is 517 cm³/mol. The molecule has 5 N–H and O–H groups in total. The summed E-state index contributed by atoms with van der Waals surface area (Å²) < 4.78 is 35.2. The Bertz CT molecular complexity index is 6250. The Kier molecular flexibility index (Phi) is 35.0. The molecule has 0 saturated heterocycles. The van der Waals surface area contributed by atoms with Crippen LogP contribution in [0.2, 0.25) is 0 Å². The van der Waals surface area contributed by atoms with Crippen molar-refractivity contribution in [2.75, 3.05) is 26.4 Å². The van der Waals surface area contributed by atoms with E-state index in [0.717, 1.165) is 60.0 Å². The van der Waals surface area contributed by atoms with Crippen LogP contribution in [0.25, 0.3) is 27.9 Å². The summed E-state index contributed by atoms with van der Waals surface area (Å²) in [5.74, 6) is 27.9. The van der Waals surface area contributed by atoms with Crippen LogP contribution < -0.4 is 27.8 Å². The number of rotatable bonds is 15. The Labute approximate surface area is 783 Å². The van der Waals surface area contributed by atoms with Gasteiger partial charge in [0, 0.05) is 182 Å². The number of aryl methyl sites for hydroxylation is 5. The summed E-state index contributed by atoms with van der Waals surface area (Å²) in [5, 5.41) is 49.6. The van der Waals surface area contributed by atoms with Gasteiger partial charge in [-0.2, -0.15) is 0 Å². The van der Waals surface area contributed by atoms with E-state index in [1.807, 2.05) is 90.0 Å². The van der Waals surface area contributed by atoms with Gasteiger partial charge in [-0.1, -0.05) is 174 Å². The molecule has 0 radical (unpaired) electrons. The number of esters is 5. The van der Waals surface area contributed by atoms with Crippen molar-refractivity contribution in [2.45, 2.75) is 290 Å². The summed E-state index contributed by atoms with van der Waals surface area (Å²) >= 11 is 0. The van der Waals surface area contributed by atoms with E-state index in [1.54, 1.807) is 135 Å². The minimum atomic E-state index is -1.17. The van der Waals surface area contributed by atoms with Gasteiger partial charge in [-0.3, -0.25) is 24.0 Å². The quantitative estimate of drug-likeness (QED) is 0.0369. The van der Waals surface area contributed by atoms with E-state index in [4.69, 9.17) is 23.7 Å². The van der Waals surface area contributed by atoms with Crippen molar-refractivity contribution >= 4 is 57.7 Å². The summed E-state index contributed by atoms with van der Waals surface area (Å²) in [5.41, 5.74) is 7.96. The molecule has 5 heterocycles. The lowest BCUT2D eigenvalue weighted by Gasteiger charge is -2.21. The third-order valence-corrected chi connectivity index (χ3v) is 23.7. The highest BCUT2D eigenvalue weighted by Gasteiger charge is 2.38. The molecule has 2 saturated carbocycles. The fraction of sp³-hybridized carbons (Fsp3) is 0.537. The molecular formula is C108H137N5O20. The normalized spacial score (nSPS) is 15.5. The SMILES string of the molecule is CC1=C(C(=O)OC(C)C(C)C)c2c(C#CC(C)(C)O)cn(C)c(=O)c2C1.CC1=C(C(=O)OCC(C)(C)C)c2c(C#CC(C)(C)O)cn(C)c(=O)c2C1.CC1=C(C(=O)OCC2CCCC2)c2c(C#CC(C)(C)O)cn(C)c(=O)c2C1.CC1=C(C(=O)OCC2CCCCC2)c2c(C#CC(C)(C)O)cn(C)c(=O)c2C1.CCC(C)COC(=O)C1=C(C)Cc2c1c(C#CC(C)(C)O)cn(C)c2=O. The zero-order valence-corrected chi connectivity index (χ0v) is 83.3. The Hall–Kier alpha value is -11.6. The lowest BCUT2D eigenvalue weighted by molar-refractivity contribution is -0.143. The van der Waals surface area contributed by atoms with Crippen LogP contribution in [0.5, 0.6) is 0 Å². The van der Waals surface area contributed by atoms with Crippen LogP contribution in [0, 0.1) is 88.3 Å². The molecule has 2 atom stereocenters. The van der Waals surface area contributed by atoms with Gasteiger partial charge in [-0.05, 0) is 166 Å². The first kappa shape index (κ1) is 107. The minimum Gasteiger partial charge on any atom is -0.462 e. The van der Waals surface area contributed by atoms with Gasteiger partial charge in [-0.15, -0.1) is 0 Å². The number of aromatic nitrogens is 5. The van der Waals surface area contributed by atoms with Crippen molar-refractivity contribution in [3.63, 3.8) is 0 Å². The number of allylic oxidation sites excluding steroid dienone is 5. The van der Waals surface area contributed by atoms with Crippen LogP contribution in [0.3, 0.4) is 0 Å². The minimum absolute atomic E-state index is 0.127. The van der Waals surface area contributed by atoms with Crippen LogP contribution >= 0.6 is 0 Å². The molecule has 2 unspecified atom stereocenters. The summed E-state index contributed by atoms with van der Waals surface area (Å²) in [6.45, 7) is 42.5. The lowest BCUT2D eigenvalue weighted by Crippen LogP contribution is -2.24. The zero-order chi connectivity index (χ0) is 99.6. The van der Waals surface area contributed by atoms with E-state index in [1.165, 1.54) is 54.9 Å². The molecule has 5 aromatic rings. The maximum absolute atomic E-state index is 12.9. The molecule has 0 bridgehead atoms. The molecule has 25 heteroatoms. The molecular weight excluding hydrogens is 1690 g/mol. The molecule has 714 valence electrons. The molecule has 25 nitrogen and oxygen atoms in total. The highest BCUT2D eigenvalue weighted by Crippen LogP contribution is 2.41. The highest BCUT2D eigenvalue weighted by atomic mass is 16.6. The highest BCUT2D eigenvalue weighted by molar-refractivity contribution is 6.23. The second-order valence-electron chi connectivity index (χ2n) is 40.7. The number of aliphatic hydroxyl groups is 5. The van der Waals surface area contributed by atoms with E-state index in [9.17, 15) is 73.5 Å². The first-order valence-electron chi connectivity index (χ1n) is 45.9. The average Bonchev–Trinajstić information content (AvgIpc) is 1.64. The topological polar surface area (TPSA) is 343 Å². The van der Waals surface area contributed by atoms with Crippen LogP contribution in [0.15, 0.2) is 82.8 Å². The zero-order valence-electron chi connectivity index (χ0n) is 83.3. The number of pyridine rings is 5. The number of fused-ring (bicyclic) bond motifs is 5. The van der Waals surface area contributed by atoms with Gasteiger partial charge in [-0.25, -0.2) is 24.0 Å². The average molecular weight is 1830 g/mol. The fourth-order valence-electron chi connectivity index (χ4n) is 16.2. The Balaban J connectivity index is 0.000000205. The van der Waals surface area contributed by atoms with Crippen molar-refractivity contribution in [2.24, 2.45) is 64.3 Å². The van der Waals surface area contributed by atoms with Crippen LogP contribution in [-0.2, 0) is 115 Å². The fourth-order valence-corrected chi connectivity index (χ4v) is 16.2. The van der Waals surface area contributed by atoms with Crippen molar-refractivity contribution < 1.29 is 73.2 Å². The number of hydrogen-bond acceptors (Lipinski definition) is 20. The number of nitrogens with zero attached hydrogens (tertiary/aromatic N) is 5. The van der Waals surface area contributed by atoms with Gasteiger partial charge in [0.2, 0.25) is 0 Å². The molecule has 133 heavy (non-hydrogen) atoms. The molecule has 12 rings (SSSR count). The number of carbonyl (C=O) groups excluding carboxylic acids is 5. The van der Waals surface area contributed by atoms with Gasteiger partial charge in [0.05, 0.1) is 54.3 Å². The third kappa shape index (κ3) is 28.3. The van der Waals surface area contributed by atoms with Crippen LogP contribution in [0.1, 0.15) is 307 Å². The Morgan fingerprint density at radius 3 is 0.812 bits per heavy atom. The second kappa shape index (κ2) is 43.6. The van der Waals surface area contributed by atoms with E-state index in [0.29, 0.717) is 175 Å². The monoisotopic (exact) mass is 1820 g/mol. The first-order valence-corrected chi connectivity index (χ1v) is 45.9. The first-order chi connectivity index (χ1) is 61.6. The van der Waals surface area contributed by atoms with Crippen molar-refractivity contribution in [3.05, 3.63) is 194 Å². The van der Waals surface area contributed by atoms with Gasteiger partial charge >= 0.3 is 29.8 Å². The maximum Gasteiger partial charge on any atom is 0.339 e. The summed E-state index contributed by atoms with van der Waals surface area (Å²) in [7, 11) is 8.32. The molecule has 2 fully saturated rings. The third-order valence-electron chi connectivity index (χ3n) is 23.7. The Morgan fingerprint density at radius 2 is 0.586 bits per heavy atom. The lowest BCUT2D eigenvalue weighted by atomic mass is 9.90. The molecule has 0 amide bonds. The van der Waals surface area contributed by atoms with Crippen molar-refractivity contribution in [1.29, 1.82) is 0 Å². The summed E-state index contributed by atoms with van der Waals surface area (Å²) in [4.78, 5) is 127. The maximum atomic E-state index is 12.9. The van der Waals surface area contributed by atoms with Gasteiger partial charge in [0.15, 0.2) is 0 Å². The largest absolute Gasteiger partial charge is 0.462 e. The number of hydrogen-bond donors (Lipinski definition) is 5. The number of carbonyl (C=O) groups is 5. The van der Waals surface area contributed by atoms with E-state index in [2.05, 4.69) is 59.2 Å². The van der Waals surface area contributed by atoms with E-state index < -0.39 is 45.9 Å². The molecule has 0 aliphatic heterocycles. The molecule has 7 aliphatic rings. The van der Waals surface area contributed by atoms with Gasteiger partial charge in [0.1, 0.15) is 34.1 Å². The molecule has 0 aromatic carbocycles. The van der Waals surface area contributed by atoms with Crippen LogP contribution in [0.4, 0.5) is 0 Å². The van der Waals surface area contributed by atoms with Crippen molar-refractivity contribution in [3.8, 4) is 59.2 Å². The number of ether oxygens (including phenoxy) is 5. The molecule has 0 spiro atoms. The van der Waals surface area contributed by atoms with Gasteiger partial charge in [0.25, 0.3) is 27.8 Å². The predicted octanol–water partition coefficient (Wildman–Crippen LogP) is 12.8. The van der Waals surface area contributed by atoms with E-state index in [-0.39, 0.29) is 69.7 Å². The van der Waals surface area contributed by atoms with Gasteiger partial charge < -0.3 is 72.1 Å². The Morgan fingerprint density at radius 1 is 0.361 bits per heavy atom. The summed E-state index contributed by atoms with van der Waals surface area (Å²) in [6, 6.07) is 0. The molecule has 5 aromatic heterocycles. The second-order valence-corrected chi connectivity index (χ2v) is 40.7. The molecule has 7 aliphatic carbocycles. The van der Waals surface area contributed by atoms with E-state index >= 15 is 0 Å². The smallest absolute Gasteiger partial charge is 0.339 e. The van der Waals surface area contributed by atoms with Crippen LogP contribution in [-0.4, -0.2) is 139 Å². The van der Waals surface area contributed by atoms with Crippen molar-refractivity contribution in [1.82, 2.24) is 22.8 Å².